The van der Waals surface area contributed by atoms with Crippen molar-refractivity contribution < 1.29 is 0 Å². The molecule has 0 amide bonds. The second-order valence-corrected chi connectivity index (χ2v) is 7.93. The lowest BCUT2D eigenvalue weighted by Gasteiger charge is -2.17. The molecule has 1 fully saturated rings. The topological polar surface area (TPSA) is 46.0 Å². The summed E-state index contributed by atoms with van der Waals surface area (Å²) in [5, 5.41) is 8.76. The summed E-state index contributed by atoms with van der Waals surface area (Å²) in [6.45, 7) is 2.34. The van der Waals surface area contributed by atoms with Crippen molar-refractivity contribution in [3.63, 3.8) is 0 Å². The first-order chi connectivity index (χ1) is 10.2. The molecule has 0 saturated heterocycles. The molecule has 0 bridgehead atoms. The van der Waals surface area contributed by atoms with Gasteiger partial charge in [0.1, 0.15) is 10.7 Å². The summed E-state index contributed by atoms with van der Waals surface area (Å²) in [7, 11) is 0. The average Bonchev–Trinajstić information content (AvgIpc) is 3.15. The highest BCUT2D eigenvalue weighted by atomic mass is 32.1. The molecule has 0 aliphatic heterocycles. The first-order valence-corrected chi connectivity index (χ1v) is 8.86. The molecule has 3 aromatic heterocycles. The zero-order valence-corrected chi connectivity index (χ0v) is 13.5. The van der Waals surface area contributed by atoms with Gasteiger partial charge in [0.2, 0.25) is 4.77 Å². The number of hydrogen-bond donors (Lipinski definition) is 1. The van der Waals surface area contributed by atoms with Crippen molar-refractivity contribution in [2.45, 2.75) is 44.9 Å². The van der Waals surface area contributed by atoms with E-state index in [2.05, 4.69) is 21.5 Å². The third kappa shape index (κ3) is 1.69. The Morgan fingerprint density at radius 3 is 3.00 bits per heavy atom. The summed E-state index contributed by atoms with van der Waals surface area (Å²) in [6.07, 6.45) is 6.05. The van der Waals surface area contributed by atoms with Crippen molar-refractivity contribution in [1.29, 1.82) is 0 Å². The summed E-state index contributed by atoms with van der Waals surface area (Å²) in [4.78, 5) is 7.66. The number of thiophene rings is 1. The SMILES string of the molecule is C[C@@H]1CCc2c(sc3nc(C4CC4)n4c(=S)[nH]nc4c23)C1. The number of aryl methyl sites for hydroxylation is 1. The van der Waals surface area contributed by atoms with Gasteiger partial charge in [-0.1, -0.05) is 6.92 Å². The maximum Gasteiger partial charge on any atom is 0.201 e. The molecule has 0 radical (unpaired) electrons. The Morgan fingerprint density at radius 2 is 2.19 bits per heavy atom. The van der Waals surface area contributed by atoms with Crippen LogP contribution in [0.25, 0.3) is 15.9 Å². The Kier molecular flexibility index (Phi) is 2.42. The molecule has 1 N–H and O–H groups in total. The number of fused-ring (bicyclic) bond motifs is 5. The maximum atomic E-state index is 5.44. The number of H-pyrrole nitrogens is 1. The second kappa shape index (κ2) is 4.14. The van der Waals surface area contributed by atoms with E-state index in [1.807, 2.05) is 11.3 Å². The number of nitrogens with zero attached hydrogens (tertiary/aromatic N) is 3. The van der Waals surface area contributed by atoms with Gasteiger partial charge in [-0.2, -0.15) is 5.10 Å². The molecule has 2 aliphatic carbocycles. The van der Waals surface area contributed by atoms with E-state index in [4.69, 9.17) is 17.2 Å². The predicted molar refractivity (Wildman–Crippen MR) is 86.7 cm³/mol. The van der Waals surface area contributed by atoms with Gasteiger partial charge in [-0.05, 0) is 55.8 Å². The molecule has 6 heteroatoms. The van der Waals surface area contributed by atoms with E-state index in [1.54, 1.807) is 0 Å². The van der Waals surface area contributed by atoms with Crippen LogP contribution in [0.1, 0.15) is 48.4 Å². The monoisotopic (exact) mass is 316 g/mol. The Labute approximate surface area is 131 Å². The van der Waals surface area contributed by atoms with E-state index in [1.165, 1.54) is 41.5 Å². The molecular formula is C15H16N4S2. The normalized spacial score (nSPS) is 22.0. The molecule has 1 saturated carbocycles. The Hall–Kier alpha value is -1.27. The number of hydrogen-bond acceptors (Lipinski definition) is 4. The van der Waals surface area contributed by atoms with Crippen LogP contribution in [0, 0.1) is 10.7 Å². The van der Waals surface area contributed by atoms with Crippen molar-refractivity contribution in [1.82, 2.24) is 19.6 Å². The minimum Gasteiger partial charge on any atom is -0.255 e. The minimum atomic E-state index is 0.569. The van der Waals surface area contributed by atoms with Crippen molar-refractivity contribution in [3.05, 3.63) is 21.0 Å². The highest BCUT2D eigenvalue weighted by Gasteiger charge is 2.31. The largest absolute Gasteiger partial charge is 0.255 e. The molecule has 5 rings (SSSR count). The van der Waals surface area contributed by atoms with Gasteiger partial charge in [0.25, 0.3) is 0 Å². The number of rotatable bonds is 1. The van der Waals surface area contributed by atoms with E-state index in [0.717, 1.165) is 28.6 Å². The number of nitrogens with one attached hydrogen (secondary N) is 1. The molecule has 2 aliphatic rings. The maximum absolute atomic E-state index is 5.44. The summed E-state index contributed by atoms with van der Waals surface area (Å²) < 4.78 is 2.77. The molecule has 108 valence electrons. The van der Waals surface area contributed by atoms with E-state index in [0.29, 0.717) is 10.7 Å². The number of aromatic nitrogens is 4. The molecule has 0 spiro atoms. The first-order valence-electron chi connectivity index (χ1n) is 7.63. The second-order valence-electron chi connectivity index (χ2n) is 6.46. The van der Waals surface area contributed by atoms with Crippen LogP contribution in [0.3, 0.4) is 0 Å². The molecule has 3 aromatic rings. The Balaban J connectivity index is 1.92. The van der Waals surface area contributed by atoms with Crippen LogP contribution in [0.15, 0.2) is 0 Å². The Morgan fingerprint density at radius 1 is 1.33 bits per heavy atom. The van der Waals surface area contributed by atoms with Gasteiger partial charge in [0, 0.05) is 10.8 Å². The smallest absolute Gasteiger partial charge is 0.201 e. The molecule has 3 heterocycles. The fraction of sp³-hybridized carbons (Fsp3) is 0.533. The predicted octanol–water partition coefficient (Wildman–Crippen LogP) is 4.00. The van der Waals surface area contributed by atoms with E-state index >= 15 is 0 Å². The van der Waals surface area contributed by atoms with Crippen molar-refractivity contribution in [2.24, 2.45) is 5.92 Å². The third-order valence-corrected chi connectivity index (χ3v) is 6.20. The lowest BCUT2D eigenvalue weighted by Crippen LogP contribution is -2.09. The molecule has 1 atom stereocenters. The minimum absolute atomic E-state index is 0.569. The first kappa shape index (κ1) is 12.3. The van der Waals surface area contributed by atoms with Gasteiger partial charge >= 0.3 is 0 Å². The fourth-order valence-corrected chi connectivity index (χ4v) is 5.10. The lowest BCUT2D eigenvalue weighted by atomic mass is 9.89. The standard InChI is InChI=1S/C15H16N4S2/c1-7-2-5-9-10(6-7)21-14-11(9)13-17-18-15(20)19(13)12(16-14)8-3-4-8/h7-8H,2-6H2,1H3,(H,18,20)/t7-/m1/s1. The van der Waals surface area contributed by atoms with E-state index in [9.17, 15) is 0 Å². The molecule has 0 unspecified atom stereocenters. The molecular weight excluding hydrogens is 300 g/mol. The van der Waals surface area contributed by atoms with Gasteiger partial charge in [-0.15, -0.1) is 11.3 Å². The molecule has 0 aromatic carbocycles. The number of aromatic amines is 1. The molecule has 21 heavy (non-hydrogen) atoms. The summed E-state index contributed by atoms with van der Waals surface area (Å²) in [5.41, 5.74) is 2.47. The van der Waals surface area contributed by atoms with Crippen LogP contribution >= 0.6 is 23.6 Å². The zero-order valence-electron chi connectivity index (χ0n) is 11.8. The van der Waals surface area contributed by atoms with Crippen LogP contribution in [-0.2, 0) is 12.8 Å². The quantitative estimate of drug-likeness (QED) is 0.690. The summed E-state index contributed by atoms with van der Waals surface area (Å²) >= 11 is 7.31. The van der Waals surface area contributed by atoms with Crippen LogP contribution in [-0.4, -0.2) is 19.6 Å². The summed E-state index contributed by atoms with van der Waals surface area (Å²) in [5.74, 6) is 2.47. The van der Waals surface area contributed by atoms with Gasteiger partial charge in [-0.3, -0.25) is 9.50 Å². The zero-order chi connectivity index (χ0) is 14.1. The van der Waals surface area contributed by atoms with Gasteiger partial charge in [-0.25, -0.2) is 4.98 Å². The fourth-order valence-electron chi connectivity index (χ4n) is 3.49. The van der Waals surface area contributed by atoms with E-state index < -0.39 is 0 Å². The van der Waals surface area contributed by atoms with Crippen LogP contribution in [0.2, 0.25) is 0 Å². The van der Waals surface area contributed by atoms with Crippen LogP contribution in [0.4, 0.5) is 0 Å². The van der Waals surface area contributed by atoms with Gasteiger partial charge in [0.15, 0.2) is 5.65 Å². The Bertz CT molecular complexity index is 929. The van der Waals surface area contributed by atoms with Crippen molar-refractivity contribution in [3.8, 4) is 0 Å². The highest BCUT2D eigenvalue weighted by Crippen LogP contribution is 2.43. The highest BCUT2D eigenvalue weighted by molar-refractivity contribution is 7.71. The summed E-state index contributed by atoms with van der Waals surface area (Å²) in [6, 6.07) is 0. The molecule has 4 nitrogen and oxygen atoms in total. The van der Waals surface area contributed by atoms with E-state index in [-0.39, 0.29) is 0 Å². The lowest BCUT2D eigenvalue weighted by molar-refractivity contribution is 0.509. The van der Waals surface area contributed by atoms with Crippen LogP contribution < -0.4 is 0 Å². The average molecular weight is 316 g/mol. The third-order valence-electron chi connectivity index (χ3n) is 4.78. The van der Waals surface area contributed by atoms with Crippen molar-refractivity contribution in [2.75, 3.05) is 0 Å². The van der Waals surface area contributed by atoms with Crippen LogP contribution in [0.5, 0.6) is 0 Å². The van der Waals surface area contributed by atoms with Crippen molar-refractivity contribution >= 4 is 39.4 Å². The van der Waals surface area contributed by atoms with Gasteiger partial charge < -0.3 is 0 Å². The van der Waals surface area contributed by atoms with Gasteiger partial charge in [0.05, 0.1) is 5.39 Å².